The van der Waals surface area contributed by atoms with E-state index in [4.69, 9.17) is 0 Å². The van der Waals surface area contributed by atoms with E-state index >= 15 is 0 Å². The van der Waals surface area contributed by atoms with E-state index in [-0.39, 0.29) is 17.4 Å². The first-order chi connectivity index (χ1) is 18.9. The SMILES string of the molecule is C=NC(=O)c1cccc(Nc2cccc3c2CN(C(=C)c2c(O)cc(O)cc2CCc2ccccc2)CC3)c1. The number of rotatable bonds is 8. The highest BCUT2D eigenvalue weighted by Gasteiger charge is 2.24. The molecular weight excluding hydrogens is 486 g/mol. The Morgan fingerprint density at radius 2 is 1.74 bits per heavy atom. The van der Waals surface area contributed by atoms with E-state index < -0.39 is 0 Å². The van der Waals surface area contributed by atoms with Gasteiger partial charge < -0.3 is 20.4 Å². The second-order valence-corrected chi connectivity index (χ2v) is 9.72. The molecule has 0 aliphatic carbocycles. The van der Waals surface area contributed by atoms with Gasteiger partial charge in [-0.3, -0.25) is 4.79 Å². The molecule has 1 aliphatic rings. The summed E-state index contributed by atoms with van der Waals surface area (Å²) in [5.74, 6) is -0.305. The fourth-order valence-electron chi connectivity index (χ4n) is 5.19. The average Bonchev–Trinajstić information content (AvgIpc) is 2.95. The summed E-state index contributed by atoms with van der Waals surface area (Å²) in [5.41, 5.74) is 8.01. The van der Waals surface area contributed by atoms with Gasteiger partial charge in [0.05, 0.1) is 0 Å². The van der Waals surface area contributed by atoms with Crippen LogP contribution in [0.5, 0.6) is 11.5 Å². The third-order valence-corrected chi connectivity index (χ3v) is 7.19. The monoisotopic (exact) mass is 517 g/mol. The molecule has 4 aromatic carbocycles. The molecule has 0 aromatic heterocycles. The van der Waals surface area contributed by atoms with Gasteiger partial charge in [-0.05, 0) is 78.6 Å². The number of nitrogens with one attached hydrogen (secondary N) is 1. The molecule has 6 heteroatoms. The van der Waals surface area contributed by atoms with Crippen LogP contribution in [0.4, 0.5) is 11.4 Å². The van der Waals surface area contributed by atoms with E-state index in [1.165, 1.54) is 17.2 Å². The number of carbonyl (C=O) groups is 1. The number of benzene rings is 4. The molecule has 0 bridgehead atoms. The molecule has 0 spiro atoms. The van der Waals surface area contributed by atoms with Crippen LogP contribution in [0.2, 0.25) is 0 Å². The van der Waals surface area contributed by atoms with Crippen molar-refractivity contribution in [3.63, 3.8) is 0 Å². The van der Waals surface area contributed by atoms with E-state index in [2.05, 4.69) is 46.7 Å². The normalized spacial score (nSPS) is 12.5. The number of amides is 1. The number of hydrogen-bond donors (Lipinski definition) is 3. The van der Waals surface area contributed by atoms with Gasteiger partial charge in [0.1, 0.15) is 11.5 Å². The van der Waals surface area contributed by atoms with Gasteiger partial charge in [-0.1, -0.05) is 55.1 Å². The van der Waals surface area contributed by atoms with E-state index in [0.717, 1.165) is 47.6 Å². The highest BCUT2D eigenvalue weighted by atomic mass is 16.3. The zero-order valence-corrected chi connectivity index (χ0v) is 21.7. The van der Waals surface area contributed by atoms with Crippen molar-refractivity contribution in [2.24, 2.45) is 4.99 Å². The Labute approximate surface area is 228 Å². The lowest BCUT2D eigenvalue weighted by molar-refractivity contribution is 0.100. The molecule has 196 valence electrons. The van der Waals surface area contributed by atoms with Crippen molar-refractivity contribution in [2.75, 3.05) is 11.9 Å². The van der Waals surface area contributed by atoms with E-state index in [9.17, 15) is 15.0 Å². The number of phenolic OH excluding ortho intramolecular Hbond substituents is 2. The number of nitrogens with zero attached hydrogens (tertiary/aromatic N) is 2. The van der Waals surface area contributed by atoms with Crippen molar-refractivity contribution >= 4 is 29.7 Å². The molecular formula is C33H31N3O3. The maximum Gasteiger partial charge on any atom is 0.276 e. The number of carbonyl (C=O) groups excluding carboxylic acids is 1. The molecule has 5 rings (SSSR count). The summed E-state index contributed by atoms with van der Waals surface area (Å²) in [6.45, 7) is 9.08. The second-order valence-electron chi connectivity index (χ2n) is 9.72. The van der Waals surface area contributed by atoms with Crippen LogP contribution in [0.25, 0.3) is 5.70 Å². The third-order valence-electron chi connectivity index (χ3n) is 7.19. The lowest BCUT2D eigenvalue weighted by atomic mass is 9.93. The van der Waals surface area contributed by atoms with Crippen LogP contribution in [-0.2, 0) is 25.8 Å². The van der Waals surface area contributed by atoms with Crippen LogP contribution < -0.4 is 5.32 Å². The Bertz CT molecular complexity index is 1550. The third kappa shape index (κ3) is 5.70. The van der Waals surface area contributed by atoms with Crippen molar-refractivity contribution in [3.05, 3.63) is 125 Å². The van der Waals surface area contributed by atoms with Gasteiger partial charge in [-0.15, -0.1) is 0 Å². The van der Waals surface area contributed by atoms with Gasteiger partial charge in [0.25, 0.3) is 5.91 Å². The molecule has 6 nitrogen and oxygen atoms in total. The predicted molar refractivity (Wildman–Crippen MR) is 157 cm³/mol. The van der Waals surface area contributed by atoms with Crippen molar-refractivity contribution in [3.8, 4) is 11.5 Å². The highest BCUT2D eigenvalue weighted by molar-refractivity contribution is 5.97. The average molecular weight is 518 g/mol. The van der Waals surface area contributed by atoms with Crippen LogP contribution in [0.15, 0.2) is 96.5 Å². The standard InChI is InChI=1S/C33H31N3O3/c1-22(32-25(19-28(37)20-31(32)38)15-14-23-8-4-3-5-9-23)36-17-16-24-10-7-13-30(29(24)21-36)35-27-12-6-11-26(18-27)33(39)34-2/h3-13,18-20,35,37-38H,1-2,14-17,21H2. The van der Waals surface area contributed by atoms with Gasteiger partial charge in [0.2, 0.25) is 0 Å². The molecule has 39 heavy (non-hydrogen) atoms. The number of aromatic hydroxyl groups is 2. The Hall–Kier alpha value is -4.84. The minimum absolute atomic E-state index is 0.0255. The first kappa shape index (κ1) is 25.8. The first-order valence-corrected chi connectivity index (χ1v) is 12.9. The van der Waals surface area contributed by atoms with Gasteiger partial charge >= 0.3 is 0 Å². The summed E-state index contributed by atoms with van der Waals surface area (Å²) >= 11 is 0. The molecule has 0 saturated carbocycles. The largest absolute Gasteiger partial charge is 0.508 e. The van der Waals surface area contributed by atoms with Crippen LogP contribution in [0.3, 0.4) is 0 Å². The van der Waals surface area contributed by atoms with Crippen LogP contribution in [0, 0.1) is 0 Å². The number of aliphatic imine (C=N–C) groups is 1. The number of aryl methyl sites for hydroxylation is 2. The Kier molecular flexibility index (Phi) is 7.46. The molecule has 1 aliphatic heterocycles. The van der Waals surface area contributed by atoms with Crippen LogP contribution in [-0.4, -0.2) is 34.3 Å². The van der Waals surface area contributed by atoms with Gasteiger partial charge in [-0.2, -0.15) is 0 Å². The Balaban J connectivity index is 1.40. The highest BCUT2D eigenvalue weighted by Crippen LogP contribution is 2.38. The maximum absolute atomic E-state index is 12.0. The fraction of sp³-hybridized carbons (Fsp3) is 0.152. The topological polar surface area (TPSA) is 85.2 Å². The number of phenols is 2. The summed E-state index contributed by atoms with van der Waals surface area (Å²) in [7, 11) is 0. The molecule has 4 aromatic rings. The second kappa shape index (κ2) is 11.3. The summed E-state index contributed by atoms with van der Waals surface area (Å²) in [5, 5.41) is 24.6. The summed E-state index contributed by atoms with van der Waals surface area (Å²) in [4.78, 5) is 17.7. The van der Waals surface area contributed by atoms with E-state index in [0.29, 0.717) is 24.1 Å². The Morgan fingerprint density at radius 1 is 0.949 bits per heavy atom. The molecule has 1 heterocycles. The van der Waals surface area contributed by atoms with E-state index in [1.807, 2.05) is 42.5 Å². The molecule has 1 amide bonds. The molecule has 0 atom stereocenters. The minimum Gasteiger partial charge on any atom is -0.508 e. The molecule has 0 unspecified atom stereocenters. The van der Waals surface area contributed by atoms with Crippen LogP contribution in [0.1, 0.15) is 38.2 Å². The van der Waals surface area contributed by atoms with Gasteiger partial charge in [0.15, 0.2) is 0 Å². The smallest absolute Gasteiger partial charge is 0.276 e. The lowest BCUT2D eigenvalue weighted by Gasteiger charge is -2.34. The molecule has 0 fully saturated rings. The predicted octanol–water partition coefficient (Wildman–Crippen LogP) is 6.50. The zero-order valence-electron chi connectivity index (χ0n) is 21.7. The molecule has 0 radical (unpaired) electrons. The lowest BCUT2D eigenvalue weighted by Crippen LogP contribution is -2.29. The molecule has 3 N–H and O–H groups in total. The van der Waals surface area contributed by atoms with Crippen molar-refractivity contribution in [1.82, 2.24) is 4.90 Å². The van der Waals surface area contributed by atoms with Gasteiger partial charge in [-0.25, -0.2) is 4.99 Å². The van der Waals surface area contributed by atoms with Crippen molar-refractivity contribution in [2.45, 2.75) is 25.8 Å². The number of anilines is 2. The van der Waals surface area contributed by atoms with Crippen molar-refractivity contribution < 1.29 is 15.0 Å². The van der Waals surface area contributed by atoms with E-state index in [1.54, 1.807) is 18.2 Å². The summed E-state index contributed by atoms with van der Waals surface area (Å²) < 4.78 is 0. The van der Waals surface area contributed by atoms with Gasteiger partial charge in [0, 0.05) is 47.4 Å². The van der Waals surface area contributed by atoms with Crippen LogP contribution >= 0.6 is 0 Å². The fourth-order valence-corrected chi connectivity index (χ4v) is 5.19. The minimum atomic E-state index is -0.368. The number of fused-ring (bicyclic) bond motifs is 1. The molecule has 0 saturated heterocycles. The summed E-state index contributed by atoms with van der Waals surface area (Å²) in [6.07, 6.45) is 2.26. The number of hydrogen-bond acceptors (Lipinski definition) is 5. The van der Waals surface area contributed by atoms with Crippen molar-refractivity contribution in [1.29, 1.82) is 0 Å². The zero-order chi connectivity index (χ0) is 27.4. The maximum atomic E-state index is 12.0. The first-order valence-electron chi connectivity index (χ1n) is 12.9. The summed E-state index contributed by atoms with van der Waals surface area (Å²) in [6, 6.07) is 26.7. The quantitative estimate of drug-likeness (QED) is 0.233. The Morgan fingerprint density at radius 3 is 2.54 bits per heavy atom.